The standard InChI is InChI=1S/C6H11O5/c7-1-3(8)6-5(10)4(9)2-11-6/h2-10H,1H2/t3-,4+,5+,6-/m1/s1. The molecule has 1 saturated heterocycles. The van der Waals surface area contributed by atoms with Gasteiger partial charge in [-0.15, -0.1) is 0 Å². The molecule has 4 atom stereocenters. The van der Waals surface area contributed by atoms with Crippen LogP contribution in [-0.4, -0.2) is 51.4 Å². The van der Waals surface area contributed by atoms with Crippen molar-refractivity contribution in [3.8, 4) is 0 Å². The first kappa shape index (κ1) is 8.89. The SMILES string of the molecule is OC[C@@H](O)[C@H]1O[CH][C@H](O)[C@@H]1O. The lowest BCUT2D eigenvalue weighted by atomic mass is 10.1. The van der Waals surface area contributed by atoms with Gasteiger partial charge in [-0.2, -0.15) is 0 Å². The molecule has 0 saturated carbocycles. The van der Waals surface area contributed by atoms with Crippen LogP contribution in [0.2, 0.25) is 0 Å². The molecular formula is C6H11O5. The molecule has 1 radical (unpaired) electrons. The van der Waals surface area contributed by atoms with E-state index in [1.165, 1.54) is 0 Å². The Balaban J connectivity index is 2.47. The molecule has 0 aliphatic carbocycles. The first-order chi connectivity index (χ1) is 5.16. The molecule has 5 heteroatoms. The van der Waals surface area contributed by atoms with Crippen LogP contribution >= 0.6 is 0 Å². The molecule has 0 aromatic rings. The number of hydrogen-bond donors (Lipinski definition) is 4. The van der Waals surface area contributed by atoms with E-state index in [2.05, 4.69) is 0 Å². The highest BCUT2D eigenvalue weighted by Gasteiger charge is 2.39. The predicted molar refractivity (Wildman–Crippen MR) is 34.3 cm³/mol. The Kier molecular flexibility index (Phi) is 2.80. The summed E-state index contributed by atoms with van der Waals surface area (Å²) in [7, 11) is 0. The minimum atomic E-state index is -1.16. The largest absolute Gasteiger partial charge is 0.394 e. The van der Waals surface area contributed by atoms with Crippen LogP contribution in [0.25, 0.3) is 0 Å². The highest BCUT2D eigenvalue weighted by Crippen LogP contribution is 2.20. The summed E-state index contributed by atoms with van der Waals surface area (Å²) in [4.78, 5) is 0. The zero-order chi connectivity index (χ0) is 8.43. The van der Waals surface area contributed by atoms with E-state index in [0.717, 1.165) is 6.61 Å². The van der Waals surface area contributed by atoms with Crippen LogP contribution in [0, 0.1) is 6.61 Å². The van der Waals surface area contributed by atoms with Crippen LogP contribution < -0.4 is 0 Å². The van der Waals surface area contributed by atoms with E-state index in [1.807, 2.05) is 0 Å². The lowest BCUT2D eigenvalue weighted by Crippen LogP contribution is -2.40. The first-order valence-corrected chi connectivity index (χ1v) is 3.30. The fraction of sp³-hybridized carbons (Fsp3) is 0.833. The molecule has 65 valence electrons. The van der Waals surface area contributed by atoms with Crippen molar-refractivity contribution in [2.24, 2.45) is 0 Å². The van der Waals surface area contributed by atoms with E-state index < -0.39 is 31.0 Å². The van der Waals surface area contributed by atoms with Crippen LogP contribution in [0.1, 0.15) is 0 Å². The summed E-state index contributed by atoms with van der Waals surface area (Å²) in [6.07, 6.45) is -4.31. The van der Waals surface area contributed by atoms with Crippen LogP contribution in [0.3, 0.4) is 0 Å². The van der Waals surface area contributed by atoms with Crippen molar-refractivity contribution >= 4 is 0 Å². The van der Waals surface area contributed by atoms with Gasteiger partial charge < -0.3 is 25.2 Å². The fourth-order valence-corrected chi connectivity index (χ4v) is 0.949. The zero-order valence-electron chi connectivity index (χ0n) is 5.79. The number of aliphatic hydroxyl groups excluding tert-OH is 4. The van der Waals surface area contributed by atoms with E-state index in [4.69, 9.17) is 25.2 Å². The Labute approximate surface area is 63.8 Å². The third-order valence-electron chi connectivity index (χ3n) is 1.63. The molecule has 0 unspecified atom stereocenters. The van der Waals surface area contributed by atoms with Gasteiger partial charge in [-0.25, -0.2) is 0 Å². The Morgan fingerprint density at radius 3 is 2.45 bits per heavy atom. The number of rotatable bonds is 2. The second-order valence-corrected chi connectivity index (χ2v) is 2.47. The third-order valence-corrected chi connectivity index (χ3v) is 1.63. The molecule has 1 rings (SSSR count). The van der Waals surface area contributed by atoms with Crippen LogP contribution in [-0.2, 0) is 4.74 Å². The van der Waals surface area contributed by atoms with Crippen molar-refractivity contribution in [2.75, 3.05) is 6.61 Å². The third kappa shape index (κ3) is 1.69. The molecule has 5 nitrogen and oxygen atoms in total. The molecule has 1 aliphatic rings. The van der Waals surface area contributed by atoms with Gasteiger partial charge in [0.2, 0.25) is 0 Å². The molecule has 1 fully saturated rings. The smallest absolute Gasteiger partial charge is 0.115 e. The second-order valence-electron chi connectivity index (χ2n) is 2.47. The van der Waals surface area contributed by atoms with E-state index in [-0.39, 0.29) is 0 Å². The molecule has 0 aromatic heterocycles. The van der Waals surface area contributed by atoms with Gasteiger partial charge in [0.15, 0.2) is 0 Å². The average Bonchev–Trinajstić information content (AvgIpc) is 2.32. The lowest BCUT2D eigenvalue weighted by Gasteiger charge is -2.18. The molecule has 1 aliphatic heterocycles. The minimum absolute atomic E-state index is 0.498. The van der Waals surface area contributed by atoms with Crippen LogP contribution in [0.4, 0.5) is 0 Å². The second kappa shape index (κ2) is 3.46. The summed E-state index contributed by atoms with van der Waals surface area (Å²) in [6.45, 7) is 0.538. The minimum Gasteiger partial charge on any atom is -0.394 e. The fourth-order valence-electron chi connectivity index (χ4n) is 0.949. The normalized spacial score (nSPS) is 40.9. The van der Waals surface area contributed by atoms with Crippen molar-refractivity contribution in [1.29, 1.82) is 0 Å². The Bertz CT molecular complexity index is 128. The number of ether oxygens (including phenoxy) is 1. The molecule has 0 spiro atoms. The summed E-state index contributed by atoms with van der Waals surface area (Å²) < 4.78 is 4.70. The van der Waals surface area contributed by atoms with Gasteiger partial charge in [0.1, 0.15) is 31.0 Å². The average molecular weight is 163 g/mol. The molecule has 0 amide bonds. The highest BCUT2D eigenvalue weighted by molar-refractivity contribution is 4.93. The Hall–Kier alpha value is -0.200. The first-order valence-electron chi connectivity index (χ1n) is 3.30. The lowest BCUT2D eigenvalue weighted by molar-refractivity contribution is -0.0636. The van der Waals surface area contributed by atoms with Crippen molar-refractivity contribution in [3.05, 3.63) is 6.61 Å². The predicted octanol–water partition coefficient (Wildman–Crippen LogP) is -2.38. The van der Waals surface area contributed by atoms with Crippen LogP contribution in [0.5, 0.6) is 0 Å². The molecule has 0 aromatic carbocycles. The van der Waals surface area contributed by atoms with Crippen molar-refractivity contribution in [3.63, 3.8) is 0 Å². The maximum Gasteiger partial charge on any atom is 0.115 e. The van der Waals surface area contributed by atoms with Gasteiger partial charge in [0.25, 0.3) is 0 Å². The van der Waals surface area contributed by atoms with Crippen molar-refractivity contribution in [1.82, 2.24) is 0 Å². The van der Waals surface area contributed by atoms with Gasteiger partial charge in [0.05, 0.1) is 6.61 Å². The van der Waals surface area contributed by atoms with Gasteiger partial charge >= 0.3 is 0 Å². The van der Waals surface area contributed by atoms with E-state index >= 15 is 0 Å². The molecule has 0 bridgehead atoms. The van der Waals surface area contributed by atoms with E-state index in [9.17, 15) is 0 Å². The van der Waals surface area contributed by atoms with Gasteiger partial charge in [0, 0.05) is 0 Å². The van der Waals surface area contributed by atoms with Crippen molar-refractivity contribution < 1.29 is 25.2 Å². The maximum atomic E-state index is 9.08. The summed E-state index contributed by atoms with van der Waals surface area (Å²) in [5.41, 5.74) is 0. The Morgan fingerprint density at radius 1 is 1.45 bits per heavy atom. The van der Waals surface area contributed by atoms with Gasteiger partial charge in [-0.05, 0) is 0 Å². The topological polar surface area (TPSA) is 90.2 Å². The molecular weight excluding hydrogens is 152 g/mol. The Morgan fingerprint density at radius 2 is 2.09 bits per heavy atom. The van der Waals surface area contributed by atoms with E-state index in [0.29, 0.717) is 0 Å². The van der Waals surface area contributed by atoms with Crippen molar-refractivity contribution in [2.45, 2.75) is 24.4 Å². The number of hydrogen-bond acceptors (Lipinski definition) is 5. The van der Waals surface area contributed by atoms with Gasteiger partial charge in [-0.3, -0.25) is 0 Å². The molecule has 4 N–H and O–H groups in total. The zero-order valence-corrected chi connectivity index (χ0v) is 5.79. The summed E-state index contributed by atoms with van der Waals surface area (Å²) in [5.74, 6) is 0. The summed E-state index contributed by atoms with van der Waals surface area (Å²) in [6, 6.07) is 0. The number of aliphatic hydroxyl groups is 4. The maximum absolute atomic E-state index is 9.08. The monoisotopic (exact) mass is 163 g/mol. The highest BCUT2D eigenvalue weighted by atomic mass is 16.5. The quantitative estimate of drug-likeness (QED) is 0.365. The van der Waals surface area contributed by atoms with Crippen LogP contribution in [0.15, 0.2) is 0 Å². The van der Waals surface area contributed by atoms with E-state index in [1.54, 1.807) is 0 Å². The van der Waals surface area contributed by atoms with Gasteiger partial charge in [-0.1, -0.05) is 0 Å². The molecule has 11 heavy (non-hydrogen) atoms. The summed E-state index contributed by atoms with van der Waals surface area (Å²) in [5, 5.41) is 35.4. The summed E-state index contributed by atoms with van der Waals surface area (Å²) >= 11 is 0. The molecule has 1 heterocycles.